The third kappa shape index (κ3) is 11.3. The van der Waals surface area contributed by atoms with Gasteiger partial charge in [0.2, 0.25) is 0 Å². The van der Waals surface area contributed by atoms with Gasteiger partial charge in [-0.3, -0.25) is 0 Å². The van der Waals surface area contributed by atoms with E-state index in [4.69, 9.17) is 16.5 Å². The number of hydrogen-bond acceptors (Lipinski definition) is 3. The first-order valence-electron chi connectivity index (χ1n) is 4.48. The monoisotopic (exact) mass is 197 g/mol. The average Bonchev–Trinajstić information content (AvgIpc) is 2.18. The van der Waals surface area contributed by atoms with Gasteiger partial charge in [-0.2, -0.15) is 0 Å². The van der Waals surface area contributed by atoms with Crippen LogP contribution in [-0.2, 0) is 0 Å². The second-order valence-electron chi connectivity index (χ2n) is 2.75. The van der Waals surface area contributed by atoms with Crippen molar-refractivity contribution in [2.45, 2.75) is 12.5 Å². The van der Waals surface area contributed by atoms with Gasteiger partial charge in [-0.15, -0.1) is 0 Å². The Labute approximate surface area is 81.7 Å². The Hall–Kier alpha value is -0.683. The molecule has 0 amide bonds. The molecule has 0 aliphatic carbocycles. The quantitative estimate of drug-likeness (QED) is 0.604. The molecule has 1 aromatic rings. The predicted octanol–water partition coefficient (Wildman–Crippen LogP) is 0.160. The van der Waals surface area contributed by atoms with Crippen LogP contribution in [0.25, 0.3) is 0 Å². The minimum Gasteiger partial charge on any atom is -0.342 e. The molecule has 1 rings (SSSR count). The van der Waals surface area contributed by atoms with E-state index in [2.05, 4.69) is 0 Å². The molecule has 0 spiro atoms. The van der Waals surface area contributed by atoms with Gasteiger partial charge < -0.3 is 16.5 Å². The van der Waals surface area contributed by atoms with E-state index in [-0.39, 0.29) is 0 Å². The molecule has 6 N–H and O–H groups in total. The third-order valence-electron chi connectivity index (χ3n) is 1.41. The summed E-state index contributed by atoms with van der Waals surface area (Å²) in [6.45, 7) is 0.720. The molecule has 13 heavy (non-hydrogen) atoms. The molecule has 0 aliphatic rings. The van der Waals surface area contributed by atoms with Crippen LogP contribution in [0, 0.1) is 0 Å². The summed E-state index contributed by atoms with van der Waals surface area (Å²) in [6, 6.07) is 13.0. The van der Waals surface area contributed by atoms with E-state index >= 15 is 0 Å². The molecule has 0 radical (unpaired) electrons. The van der Waals surface area contributed by atoms with Crippen molar-refractivity contribution < 1.29 is 0 Å². The zero-order valence-corrected chi connectivity index (χ0v) is 9.05. The van der Waals surface area contributed by atoms with Crippen molar-refractivity contribution in [3.8, 4) is 0 Å². The standard InChI is InChI=1S/C6H6.C3H13N3Si/c1-2-4-6-5-3-1;4-2-1-3-7(5)6/h1-6H;7H,1-6H2. The van der Waals surface area contributed by atoms with Gasteiger partial charge in [0.15, 0.2) is 9.12 Å². The minimum absolute atomic E-state index is 0.720. The van der Waals surface area contributed by atoms with Crippen LogP contribution in [0.4, 0.5) is 0 Å². The summed E-state index contributed by atoms with van der Waals surface area (Å²) >= 11 is 0. The number of hydrogen-bond donors (Lipinski definition) is 3. The van der Waals surface area contributed by atoms with Crippen LogP contribution in [0.1, 0.15) is 6.42 Å². The average molecular weight is 197 g/mol. The van der Waals surface area contributed by atoms with Crippen LogP contribution < -0.4 is 16.5 Å². The van der Waals surface area contributed by atoms with Gasteiger partial charge in [-0.1, -0.05) is 36.4 Å². The first-order chi connectivity index (χ1) is 6.27. The van der Waals surface area contributed by atoms with Crippen molar-refractivity contribution in [2.75, 3.05) is 6.54 Å². The molecule has 0 unspecified atom stereocenters. The lowest BCUT2D eigenvalue weighted by Gasteiger charge is -1.97. The van der Waals surface area contributed by atoms with Gasteiger partial charge >= 0.3 is 0 Å². The normalized spacial score (nSPS) is 9.23. The van der Waals surface area contributed by atoms with Gasteiger partial charge in [-0.25, -0.2) is 0 Å². The van der Waals surface area contributed by atoms with Crippen LogP contribution >= 0.6 is 0 Å². The first-order valence-corrected chi connectivity index (χ1v) is 6.63. The number of rotatable bonds is 3. The van der Waals surface area contributed by atoms with Gasteiger partial charge in [0.1, 0.15) is 0 Å². The van der Waals surface area contributed by atoms with E-state index in [0.717, 1.165) is 19.0 Å². The SMILES string of the molecule is NCCC[SiH](N)N.c1ccccc1. The van der Waals surface area contributed by atoms with Crippen molar-refractivity contribution in [2.24, 2.45) is 16.5 Å². The summed E-state index contributed by atoms with van der Waals surface area (Å²) < 4.78 is 0. The largest absolute Gasteiger partial charge is 0.342 e. The van der Waals surface area contributed by atoms with Crippen molar-refractivity contribution in [1.29, 1.82) is 0 Å². The van der Waals surface area contributed by atoms with Crippen LogP contribution in [0.2, 0.25) is 6.04 Å². The second kappa shape index (κ2) is 9.41. The van der Waals surface area contributed by atoms with Crippen molar-refractivity contribution >= 4 is 9.12 Å². The van der Waals surface area contributed by atoms with E-state index < -0.39 is 9.12 Å². The number of nitrogens with two attached hydrogens (primary N) is 3. The molecule has 3 nitrogen and oxygen atoms in total. The van der Waals surface area contributed by atoms with E-state index in [9.17, 15) is 0 Å². The summed E-state index contributed by atoms with van der Waals surface area (Å²) in [5.74, 6) is 0. The lowest BCUT2D eigenvalue weighted by molar-refractivity contribution is 0.916. The highest BCUT2D eigenvalue weighted by atomic mass is 28.3. The molecular formula is C9H19N3Si. The summed E-state index contributed by atoms with van der Waals surface area (Å²) in [4.78, 5) is 0. The molecule has 0 heterocycles. The Kier molecular flexibility index (Phi) is 8.91. The molecule has 1 aromatic carbocycles. The van der Waals surface area contributed by atoms with Crippen molar-refractivity contribution in [1.82, 2.24) is 0 Å². The fourth-order valence-corrected chi connectivity index (χ4v) is 1.45. The maximum atomic E-state index is 5.34. The molecule has 0 aliphatic heterocycles. The maximum Gasteiger partial charge on any atom is 0.179 e. The van der Waals surface area contributed by atoms with E-state index in [1.54, 1.807) is 0 Å². The Morgan fingerprint density at radius 1 is 0.846 bits per heavy atom. The van der Waals surface area contributed by atoms with Crippen molar-refractivity contribution in [3.63, 3.8) is 0 Å². The maximum absolute atomic E-state index is 5.34. The van der Waals surface area contributed by atoms with Gasteiger partial charge in [-0.05, 0) is 19.0 Å². The Morgan fingerprint density at radius 2 is 1.23 bits per heavy atom. The first kappa shape index (κ1) is 12.3. The smallest absolute Gasteiger partial charge is 0.179 e. The highest BCUT2D eigenvalue weighted by molar-refractivity contribution is 6.51. The molecular weight excluding hydrogens is 178 g/mol. The Balaban J connectivity index is 0.000000223. The van der Waals surface area contributed by atoms with E-state index in [1.807, 2.05) is 36.4 Å². The highest BCUT2D eigenvalue weighted by Gasteiger charge is 1.92. The van der Waals surface area contributed by atoms with Crippen LogP contribution in [0.5, 0.6) is 0 Å². The molecule has 0 fully saturated rings. The molecule has 0 saturated heterocycles. The number of benzene rings is 1. The topological polar surface area (TPSA) is 78.1 Å². The van der Waals surface area contributed by atoms with Gasteiger partial charge in [0.25, 0.3) is 0 Å². The summed E-state index contributed by atoms with van der Waals surface area (Å²) in [7, 11) is -1.27. The summed E-state index contributed by atoms with van der Waals surface area (Å²) in [6.07, 6.45) is 0.990. The fourth-order valence-electron chi connectivity index (χ4n) is 0.738. The third-order valence-corrected chi connectivity index (χ3v) is 2.48. The molecule has 0 bridgehead atoms. The van der Waals surface area contributed by atoms with E-state index in [1.165, 1.54) is 0 Å². The lowest BCUT2D eigenvalue weighted by atomic mass is 10.4. The van der Waals surface area contributed by atoms with E-state index in [0.29, 0.717) is 0 Å². The summed E-state index contributed by atoms with van der Waals surface area (Å²) in [5.41, 5.74) is 5.19. The van der Waals surface area contributed by atoms with Crippen LogP contribution in [0.15, 0.2) is 36.4 Å². The van der Waals surface area contributed by atoms with Gasteiger partial charge in [0.05, 0.1) is 0 Å². The molecule has 0 saturated carbocycles. The fraction of sp³-hybridized carbons (Fsp3) is 0.333. The second-order valence-corrected chi connectivity index (χ2v) is 4.65. The molecule has 0 aromatic heterocycles. The van der Waals surface area contributed by atoms with Gasteiger partial charge in [0, 0.05) is 0 Å². The Bertz CT molecular complexity index is 153. The molecule has 4 heteroatoms. The lowest BCUT2D eigenvalue weighted by Crippen LogP contribution is -2.36. The zero-order valence-electron chi connectivity index (χ0n) is 7.89. The minimum atomic E-state index is -1.27. The van der Waals surface area contributed by atoms with Crippen LogP contribution in [-0.4, -0.2) is 15.7 Å². The Morgan fingerprint density at radius 3 is 1.38 bits per heavy atom. The molecule has 74 valence electrons. The highest BCUT2D eigenvalue weighted by Crippen LogP contribution is 1.82. The zero-order chi connectivity index (χ0) is 9.94. The molecule has 0 atom stereocenters. The van der Waals surface area contributed by atoms with Crippen molar-refractivity contribution in [3.05, 3.63) is 36.4 Å². The predicted molar refractivity (Wildman–Crippen MR) is 60.4 cm³/mol. The van der Waals surface area contributed by atoms with Crippen LogP contribution in [0.3, 0.4) is 0 Å². The summed E-state index contributed by atoms with van der Waals surface area (Å²) in [5, 5.41) is 10.7.